The predicted molar refractivity (Wildman–Crippen MR) is 84.8 cm³/mol. The van der Waals surface area contributed by atoms with Gasteiger partial charge in [-0.2, -0.15) is 0 Å². The third kappa shape index (κ3) is 3.33. The van der Waals surface area contributed by atoms with Crippen LogP contribution in [0.25, 0.3) is 0 Å². The second-order valence-corrected chi connectivity index (χ2v) is 6.26. The van der Waals surface area contributed by atoms with Crippen molar-refractivity contribution in [3.8, 4) is 0 Å². The van der Waals surface area contributed by atoms with E-state index in [1.807, 2.05) is 6.07 Å². The number of fused-ring (bicyclic) bond motifs is 1. The van der Waals surface area contributed by atoms with E-state index in [0.717, 1.165) is 12.2 Å². The Morgan fingerprint density at radius 1 is 1.15 bits per heavy atom. The smallest absolute Gasteiger partial charge is 0.0326 e. The number of anilines is 1. The first-order chi connectivity index (χ1) is 9.83. The molecule has 1 aliphatic carbocycles. The van der Waals surface area contributed by atoms with Crippen molar-refractivity contribution in [3.63, 3.8) is 0 Å². The van der Waals surface area contributed by atoms with Crippen LogP contribution in [0.15, 0.2) is 18.2 Å². The van der Waals surface area contributed by atoms with Gasteiger partial charge in [-0.05, 0) is 62.0 Å². The zero-order valence-corrected chi connectivity index (χ0v) is 12.4. The Balaban J connectivity index is 1.48. The molecule has 0 aromatic heterocycles. The third-order valence-electron chi connectivity index (χ3n) is 4.76. The number of benzene rings is 1. The van der Waals surface area contributed by atoms with E-state index in [4.69, 9.17) is 5.73 Å². The fraction of sp³-hybridized carbons (Fsp3) is 0.647. The lowest BCUT2D eigenvalue weighted by molar-refractivity contribution is 0.279. The fourth-order valence-corrected chi connectivity index (χ4v) is 3.61. The lowest BCUT2D eigenvalue weighted by Gasteiger charge is -2.21. The number of nitrogens with zero attached hydrogens (tertiary/aromatic N) is 1. The number of nitrogen functional groups attached to an aromatic ring is 1. The largest absolute Gasteiger partial charge is 0.399 e. The molecule has 0 bridgehead atoms. The number of hydrogen-bond donors (Lipinski definition) is 2. The number of nitrogens with one attached hydrogen (secondary N) is 1. The van der Waals surface area contributed by atoms with Gasteiger partial charge in [0.15, 0.2) is 0 Å². The van der Waals surface area contributed by atoms with Gasteiger partial charge in [-0.25, -0.2) is 0 Å². The second kappa shape index (κ2) is 6.59. The molecular formula is C17H27N3. The van der Waals surface area contributed by atoms with E-state index < -0.39 is 0 Å². The molecule has 1 aromatic carbocycles. The molecule has 1 aliphatic heterocycles. The predicted octanol–water partition coefficient (Wildman–Crippen LogP) is 2.72. The zero-order valence-electron chi connectivity index (χ0n) is 12.4. The molecule has 0 amide bonds. The standard InChI is InChI=1S/C17H27N3/c18-15-6-7-16-14(13-15)5-8-17(16)19-9-12-20-10-3-1-2-4-11-20/h6-7,13,17,19H,1-5,8-12,18H2. The van der Waals surface area contributed by atoms with E-state index in [9.17, 15) is 0 Å². The molecule has 1 atom stereocenters. The fourth-order valence-electron chi connectivity index (χ4n) is 3.61. The van der Waals surface area contributed by atoms with Crippen LogP contribution in [0.4, 0.5) is 5.69 Å². The van der Waals surface area contributed by atoms with Gasteiger partial charge in [-0.3, -0.25) is 0 Å². The lowest BCUT2D eigenvalue weighted by Crippen LogP contribution is -2.34. The number of nitrogens with two attached hydrogens (primary N) is 1. The second-order valence-electron chi connectivity index (χ2n) is 6.26. The first-order valence-corrected chi connectivity index (χ1v) is 8.17. The van der Waals surface area contributed by atoms with Crippen LogP contribution in [0.3, 0.4) is 0 Å². The molecule has 1 saturated heterocycles. The Hall–Kier alpha value is -1.06. The molecule has 0 radical (unpaired) electrons. The Kier molecular flexibility index (Phi) is 4.58. The summed E-state index contributed by atoms with van der Waals surface area (Å²) in [5, 5.41) is 3.74. The molecule has 0 saturated carbocycles. The van der Waals surface area contributed by atoms with Crippen LogP contribution < -0.4 is 11.1 Å². The van der Waals surface area contributed by atoms with Crippen molar-refractivity contribution < 1.29 is 0 Å². The highest BCUT2D eigenvalue weighted by Gasteiger charge is 2.21. The van der Waals surface area contributed by atoms with Gasteiger partial charge in [-0.15, -0.1) is 0 Å². The Morgan fingerprint density at radius 2 is 1.95 bits per heavy atom. The average Bonchev–Trinajstić information content (AvgIpc) is 2.67. The van der Waals surface area contributed by atoms with Crippen LogP contribution >= 0.6 is 0 Å². The van der Waals surface area contributed by atoms with E-state index in [1.165, 1.54) is 69.3 Å². The van der Waals surface area contributed by atoms with Gasteiger partial charge in [-0.1, -0.05) is 18.9 Å². The Labute approximate surface area is 122 Å². The summed E-state index contributed by atoms with van der Waals surface area (Å²) in [7, 11) is 0. The summed E-state index contributed by atoms with van der Waals surface area (Å²) in [5.41, 5.74) is 9.67. The summed E-state index contributed by atoms with van der Waals surface area (Å²) < 4.78 is 0. The molecule has 1 unspecified atom stereocenters. The molecule has 3 heteroatoms. The monoisotopic (exact) mass is 273 g/mol. The molecule has 1 fully saturated rings. The highest BCUT2D eigenvalue weighted by atomic mass is 15.1. The Morgan fingerprint density at radius 3 is 2.75 bits per heavy atom. The van der Waals surface area contributed by atoms with Crippen molar-refractivity contribution in [2.45, 2.75) is 44.6 Å². The summed E-state index contributed by atoms with van der Waals surface area (Å²) in [6, 6.07) is 6.93. The molecule has 2 aliphatic rings. The van der Waals surface area contributed by atoms with Gasteiger partial charge in [0.2, 0.25) is 0 Å². The maximum absolute atomic E-state index is 5.86. The van der Waals surface area contributed by atoms with Gasteiger partial charge in [0, 0.05) is 24.8 Å². The normalized spacial score (nSPS) is 23.5. The van der Waals surface area contributed by atoms with Gasteiger partial charge >= 0.3 is 0 Å². The molecule has 1 aromatic rings. The molecule has 110 valence electrons. The van der Waals surface area contributed by atoms with Crippen LogP contribution in [0.1, 0.15) is 49.3 Å². The SMILES string of the molecule is Nc1ccc2c(c1)CCC2NCCN1CCCCCC1. The van der Waals surface area contributed by atoms with Crippen LogP contribution in [-0.2, 0) is 6.42 Å². The topological polar surface area (TPSA) is 41.3 Å². The molecule has 3 N–H and O–H groups in total. The molecular weight excluding hydrogens is 246 g/mol. The number of likely N-dealkylation sites (tertiary alicyclic amines) is 1. The molecule has 3 rings (SSSR count). The maximum Gasteiger partial charge on any atom is 0.0326 e. The van der Waals surface area contributed by atoms with Gasteiger partial charge in [0.05, 0.1) is 0 Å². The average molecular weight is 273 g/mol. The number of hydrogen-bond acceptors (Lipinski definition) is 3. The minimum Gasteiger partial charge on any atom is -0.399 e. The first kappa shape index (κ1) is 13.9. The summed E-state index contributed by atoms with van der Waals surface area (Å²) >= 11 is 0. The van der Waals surface area contributed by atoms with Crippen molar-refractivity contribution in [1.82, 2.24) is 10.2 Å². The van der Waals surface area contributed by atoms with Crippen LogP contribution in [0.5, 0.6) is 0 Å². The molecule has 0 spiro atoms. The van der Waals surface area contributed by atoms with Crippen LogP contribution in [0, 0.1) is 0 Å². The van der Waals surface area contributed by atoms with E-state index in [0.29, 0.717) is 6.04 Å². The maximum atomic E-state index is 5.86. The third-order valence-corrected chi connectivity index (χ3v) is 4.76. The van der Waals surface area contributed by atoms with Gasteiger partial charge < -0.3 is 16.0 Å². The molecule has 20 heavy (non-hydrogen) atoms. The minimum absolute atomic E-state index is 0.539. The van der Waals surface area contributed by atoms with Crippen molar-refractivity contribution in [3.05, 3.63) is 29.3 Å². The quantitative estimate of drug-likeness (QED) is 0.829. The van der Waals surface area contributed by atoms with E-state index in [2.05, 4.69) is 22.3 Å². The lowest BCUT2D eigenvalue weighted by atomic mass is 10.1. The van der Waals surface area contributed by atoms with Crippen molar-refractivity contribution >= 4 is 5.69 Å². The van der Waals surface area contributed by atoms with E-state index >= 15 is 0 Å². The van der Waals surface area contributed by atoms with Crippen molar-refractivity contribution in [1.29, 1.82) is 0 Å². The minimum atomic E-state index is 0.539. The Bertz CT molecular complexity index is 436. The van der Waals surface area contributed by atoms with Crippen molar-refractivity contribution in [2.75, 3.05) is 31.9 Å². The van der Waals surface area contributed by atoms with E-state index in [1.54, 1.807) is 0 Å². The summed E-state index contributed by atoms with van der Waals surface area (Å²) in [6.07, 6.45) is 7.99. The molecule has 1 heterocycles. The van der Waals surface area contributed by atoms with Crippen LogP contribution in [0.2, 0.25) is 0 Å². The van der Waals surface area contributed by atoms with E-state index in [-0.39, 0.29) is 0 Å². The van der Waals surface area contributed by atoms with Gasteiger partial charge in [0.1, 0.15) is 0 Å². The summed E-state index contributed by atoms with van der Waals surface area (Å²) in [4.78, 5) is 2.62. The highest BCUT2D eigenvalue weighted by molar-refractivity contribution is 5.47. The highest BCUT2D eigenvalue weighted by Crippen LogP contribution is 2.32. The van der Waals surface area contributed by atoms with Crippen LogP contribution in [-0.4, -0.2) is 31.1 Å². The first-order valence-electron chi connectivity index (χ1n) is 8.17. The molecule has 3 nitrogen and oxygen atoms in total. The summed E-state index contributed by atoms with van der Waals surface area (Å²) in [5.74, 6) is 0. The summed E-state index contributed by atoms with van der Waals surface area (Å²) in [6.45, 7) is 4.88. The van der Waals surface area contributed by atoms with Crippen molar-refractivity contribution in [2.24, 2.45) is 0 Å². The van der Waals surface area contributed by atoms with Gasteiger partial charge in [0.25, 0.3) is 0 Å². The number of aryl methyl sites for hydroxylation is 1. The number of rotatable bonds is 4. The zero-order chi connectivity index (χ0) is 13.8.